The Morgan fingerprint density at radius 1 is 1.33 bits per heavy atom. The van der Waals surface area contributed by atoms with Crippen molar-refractivity contribution in [1.82, 2.24) is 15.1 Å². The van der Waals surface area contributed by atoms with Gasteiger partial charge < -0.3 is 9.87 Å². The van der Waals surface area contributed by atoms with E-state index in [1.807, 2.05) is 33.2 Å². The van der Waals surface area contributed by atoms with Crippen molar-refractivity contribution in [2.45, 2.75) is 20.4 Å². The van der Waals surface area contributed by atoms with Gasteiger partial charge in [0.2, 0.25) is 0 Å². The molecule has 0 fully saturated rings. The van der Waals surface area contributed by atoms with E-state index in [0.717, 1.165) is 16.0 Å². The Morgan fingerprint density at radius 2 is 2.11 bits per heavy atom. The maximum Gasteiger partial charge on any atom is 0.251 e. The van der Waals surface area contributed by atoms with Crippen LogP contribution < -0.4 is 9.62 Å². The van der Waals surface area contributed by atoms with E-state index in [2.05, 4.69) is 10.4 Å². The number of aryl methyl sites for hydroxylation is 3. The lowest BCUT2D eigenvalue weighted by molar-refractivity contribution is 0.0951. The zero-order valence-electron chi connectivity index (χ0n) is 15.1. The Morgan fingerprint density at radius 3 is 2.70 bits per heavy atom. The summed E-state index contributed by atoms with van der Waals surface area (Å²) in [6.07, 6.45) is 3.50. The lowest BCUT2D eigenvalue weighted by atomic mass is 10.1. The molecule has 142 valence electrons. The molecule has 0 aliphatic carbocycles. The van der Waals surface area contributed by atoms with Crippen molar-refractivity contribution in [3.05, 3.63) is 64.3 Å². The molecule has 27 heavy (non-hydrogen) atoms. The molecule has 1 amide bonds. The average molecular weight is 404 g/mol. The Bertz CT molecular complexity index is 996. The van der Waals surface area contributed by atoms with Gasteiger partial charge in [-0.05, 0) is 43.7 Å². The lowest BCUT2D eigenvalue weighted by Crippen LogP contribution is -2.24. The van der Waals surface area contributed by atoms with Gasteiger partial charge in [-0.25, -0.2) is 0 Å². The van der Waals surface area contributed by atoms with E-state index < -0.39 is 11.3 Å². The van der Waals surface area contributed by atoms with Crippen LogP contribution in [0, 0.1) is 13.8 Å². The molecule has 0 radical (unpaired) electrons. The fraction of sp³-hybridized carbons (Fsp3) is 0.222. The van der Waals surface area contributed by atoms with Gasteiger partial charge in [-0.15, -0.1) is 11.3 Å². The van der Waals surface area contributed by atoms with E-state index in [-0.39, 0.29) is 5.91 Å². The van der Waals surface area contributed by atoms with Crippen molar-refractivity contribution in [2.75, 3.05) is 4.31 Å². The molecule has 1 unspecified atom stereocenters. The molecule has 2 aromatic heterocycles. The van der Waals surface area contributed by atoms with Crippen LogP contribution in [0.2, 0.25) is 0 Å². The molecule has 0 bridgehead atoms. The quantitative estimate of drug-likeness (QED) is 0.641. The van der Waals surface area contributed by atoms with E-state index in [1.165, 1.54) is 15.6 Å². The Balaban J connectivity index is 1.86. The molecule has 0 saturated carbocycles. The smallest absolute Gasteiger partial charge is 0.251 e. The van der Waals surface area contributed by atoms with Crippen molar-refractivity contribution < 1.29 is 13.6 Å². The van der Waals surface area contributed by atoms with E-state index in [4.69, 9.17) is 0 Å². The third-order valence-electron chi connectivity index (χ3n) is 3.98. The van der Waals surface area contributed by atoms with E-state index in [9.17, 15) is 13.6 Å². The fourth-order valence-electron chi connectivity index (χ4n) is 2.62. The maximum absolute atomic E-state index is 12.5. The first-order chi connectivity index (χ1) is 12.8. The van der Waals surface area contributed by atoms with Gasteiger partial charge in [0.25, 0.3) is 5.91 Å². The van der Waals surface area contributed by atoms with Crippen LogP contribution in [0.1, 0.15) is 26.4 Å². The number of thiophene rings is 1. The van der Waals surface area contributed by atoms with Crippen LogP contribution >= 0.6 is 11.3 Å². The number of nitrogens with zero attached hydrogens (tertiary/aromatic N) is 3. The number of carbonyl (C=O) groups is 1. The molecule has 0 spiro atoms. The van der Waals surface area contributed by atoms with Crippen LogP contribution in [-0.4, -0.2) is 24.4 Å². The van der Waals surface area contributed by atoms with Crippen molar-refractivity contribution in [1.29, 1.82) is 0 Å². The molecular formula is C18H19N4O3S2-. The number of hydrogen-bond acceptors (Lipinski definition) is 5. The molecule has 2 heterocycles. The molecule has 3 rings (SSSR count). The topological polar surface area (TPSA) is 90.3 Å². The van der Waals surface area contributed by atoms with Gasteiger partial charge >= 0.3 is 0 Å². The van der Waals surface area contributed by atoms with Gasteiger partial charge in [-0.3, -0.25) is 18.0 Å². The number of anilines is 2. The van der Waals surface area contributed by atoms with Crippen molar-refractivity contribution in [2.24, 2.45) is 7.05 Å². The predicted octanol–water partition coefficient (Wildman–Crippen LogP) is 2.96. The molecule has 1 atom stereocenters. The summed E-state index contributed by atoms with van der Waals surface area (Å²) in [5.41, 5.74) is 2.49. The molecule has 0 saturated heterocycles. The van der Waals surface area contributed by atoms with Gasteiger partial charge in [-0.1, -0.05) is 6.07 Å². The van der Waals surface area contributed by atoms with Gasteiger partial charge in [0, 0.05) is 35.8 Å². The highest BCUT2D eigenvalue weighted by atomic mass is 32.2. The van der Waals surface area contributed by atoms with Crippen LogP contribution in [-0.2, 0) is 24.9 Å². The van der Waals surface area contributed by atoms with E-state index in [0.29, 0.717) is 22.8 Å². The monoisotopic (exact) mass is 403 g/mol. The minimum atomic E-state index is -2.50. The molecule has 7 nitrogen and oxygen atoms in total. The van der Waals surface area contributed by atoms with Gasteiger partial charge in [0.05, 0.1) is 23.2 Å². The summed E-state index contributed by atoms with van der Waals surface area (Å²) in [6, 6.07) is 8.64. The third kappa shape index (κ3) is 4.44. The first-order valence-corrected chi connectivity index (χ1v) is 10.0. The highest BCUT2D eigenvalue weighted by Crippen LogP contribution is 2.35. The summed E-state index contributed by atoms with van der Waals surface area (Å²) in [7, 11) is 1.81. The second kappa shape index (κ2) is 8.03. The number of hydrogen-bond donors (Lipinski definition) is 1. The van der Waals surface area contributed by atoms with Gasteiger partial charge in [0.1, 0.15) is 5.00 Å². The third-order valence-corrected chi connectivity index (χ3v) is 5.77. The van der Waals surface area contributed by atoms with Crippen molar-refractivity contribution >= 4 is 39.2 Å². The minimum absolute atomic E-state index is 0.279. The number of rotatable bonds is 6. The Hall–Kier alpha value is -2.49. The molecule has 1 aromatic carbocycles. The minimum Gasteiger partial charge on any atom is -0.755 e. The summed E-state index contributed by atoms with van der Waals surface area (Å²) in [5.74, 6) is -0.279. The second-order valence-electron chi connectivity index (χ2n) is 6.10. The fourth-order valence-corrected chi connectivity index (χ4v) is 4.26. The number of benzene rings is 1. The Labute approximate surface area is 164 Å². The first-order valence-electron chi connectivity index (χ1n) is 8.17. The summed E-state index contributed by atoms with van der Waals surface area (Å²) >= 11 is -1.13. The highest BCUT2D eigenvalue weighted by Gasteiger charge is 2.17. The van der Waals surface area contributed by atoms with Crippen LogP contribution in [0.25, 0.3) is 0 Å². The SMILES string of the molecule is Cc1ccc(N(c2cc(C(=O)NCc3cnn(C)c3)ccc2C)S(=O)[O-])s1. The summed E-state index contributed by atoms with van der Waals surface area (Å²) in [5, 5.41) is 7.47. The lowest BCUT2D eigenvalue weighted by Gasteiger charge is -2.26. The maximum atomic E-state index is 12.5. The van der Waals surface area contributed by atoms with E-state index in [1.54, 1.807) is 35.1 Å². The summed E-state index contributed by atoms with van der Waals surface area (Å²) in [4.78, 5) is 13.5. The highest BCUT2D eigenvalue weighted by molar-refractivity contribution is 7.81. The molecule has 0 aliphatic rings. The van der Waals surface area contributed by atoms with Crippen LogP contribution in [0.3, 0.4) is 0 Å². The number of amides is 1. The number of carbonyl (C=O) groups excluding carboxylic acids is 1. The standard InChI is InChI=1S/C18H20N4O3S2/c1-12-4-6-15(18(23)19-9-14-10-20-21(3)11-14)8-16(12)22(27(24)25)17-7-5-13(2)26-17/h4-8,10-11H,9H2,1-3H3,(H,19,23)(H,24,25)/p-1. The van der Waals surface area contributed by atoms with Crippen molar-refractivity contribution in [3.8, 4) is 0 Å². The molecular weight excluding hydrogens is 384 g/mol. The average Bonchev–Trinajstić information content (AvgIpc) is 3.22. The van der Waals surface area contributed by atoms with Crippen LogP contribution in [0.5, 0.6) is 0 Å². The number of aromatic nitrogens is 2. The Kier molecular flexibility index (Phi) is 5.73. The summed E-state index contributed by atoms with van der Waals surface area (Å²) in [6.45, 7) is 4.07. The van der Waals surface area contributed by atoms with Crippen LogP contribution in [0.15, 0.2) is 42.7 Å². The van der Waals surface area contributed by atoms with Crippen LogP contribution in [0.4, 0.5) is 10.7 Å². The van der Waals surface area contributed by atoms with E-state index >= 15 is 0 Å². The second-order valence-corrected chi connectivity index (χ2v) is 8.17. The molecule has 1 N–H and O–H groups in total. The largest absolute Gasteiger partial charge is 0.755 e. The first kappa shape index (κ1) is 19.3. The van der Waals surface area contributed by atoms with Gasteiger partial charge in [-0.2, -0.15) is 5.10 Å². The zero-order chi connectivity index (χ0) is 19.6. The van der Waals surface area contributed by atoms with Crippen molar-refractivity contribution in [3.63, 3.8) is 0 Å². The predicted molar refractivity (Wildman–Crippen MR) is 106 cm³/mol. The molecule has 3 aromatic rings. The number of nitrogens with one attached hydrogen (secondary N) is 1. The summed E-state index contributed by atoms with van der Waals surface area (Å²) < 4.78 is 26.6. The zero-order valence-corrected chi connectivity index (χ0v) is 16.8. The van der Waals surface area contributed by atoms with Gasteiger partial charge in [0.15, 0.2) is 0 Å². The molecule has 9 heteroatoms. The normalized spacial score (nSPS) is 12.0. The molecule has 0 aliphatic heterocycles.